The topological polar surface area (TPSA) is 76.6 Å². The SMILES string of the molecule is CCOC(=O)c1cnc(N(C)CC2CNCCO2)nc1C. The highest BCUT2D eigenvalue weighted by molar-refractivity contribution is 5.90. The summed E-state index contributed by atoms with van der Waals surface area (Å²) in [6.45, 7) is 7.03. The number of hydrogen-bond acceptors (Lipinski definition) is 7. The first-order chi connectivity index (χ1) is 10.1. The number of carbonyl (C=O) groups is 1. The highest BCUT2D eigenvalue weighted by Crippen LogP contribution is 2.12. The number of hydrogen-bond donors (Lipinski definition) is 1. The molecule has 0 bridgehead atoms. The van der Waals surface area contributed by atoms with Gasteiger partial charge in [-0.1, -0.05) is 0 Å². The third-order valence-electron chi connectivity index (χ3n) is 3.29. The number of nitrogens with zero attached hydrogens (tertiary/aromatic N) is 3. The van der Waals surface area contributed by atoms with Crippen molar-refractivity contribution in [2.75, 3.05) is 44.8 Å². The zero-order chi connectivity index (χ0) is 15.2. The van der Waals surface area contributed by atoms with Crippen molar-refractivity contribution in [1.82, 2.24) is 15.3 Å². The fourth-order valence-corrected chi connectivity index (χ4v) is 2.17. The lowest BCUT2D eigenvalue weighted by atomic mass is 10.2. The van der Waals surface area contributed by atoms with E-state index in [1.54, 1.807) is 13.8 Å². The van der Waals surface area contributed by atoms with E-state index in [9.17, 15) is 4.79 Å². The molecule has 0 aliphatic carbocycles. The van der Waals surface area contributed by atoms with E-state index in [1.165, 1.54) is 6.20 Å². The van der Waals surface area contributed by atoms with Gasteiger partial charge in [0.05, 0.1) is 30.6 Å². The Labute approximate surface area is 124 Å². The Kier molecular flexibility index (Phi) is 5.46. The van der Waals surface area contributed by atoms with Crippen molar-refractivity contribution in [1.29, 1.82) is 0 Å². The Hall–Kier alpha value is -1.73. The van der Waals surface area contributed by atoms with Gasteiger partial charge in [0.15, 0.2) is 0 Å². The monoisotopic (exact) mass is 294 g/mol. The van der Waals surface area contributed by atoms with Crippen LogP contribution in [0.5, 0.6) is 0 Å². The van der Waals surface area contributed by atoms with Crippen molar-refractivity contribution < 1.29 is 14.3 Å². The molecule has 1 aliphatic heterocycles. The van der Waals surface area contributed by atoms with Crippen LogP contribution in [-0.2, 0) is 9.47 Å². The number of ether oxygens (including phenoxy) is 2. The van der Waals surface area contributed by atoms with Gasteiger partial charge in [0, 0.05) is 32.9 Å². The van der Waals surface area contributed by atoms with Gasteiger partial charge in [0.25, 0.3) is 0 Å². The van der Waals surface area contributed by atoms with E-state index in [1.807, 2.05) is 11.9 Å². The van der Waals surface area contributed by atoms with Crippen LogP contribution in [0, 0.1) is 6.92 Å². The Morgan fingerprint density at radius 1 is 1.62 bits per heavy atom. The minimum Gasteiger partial charge on any atom is -0.462 e. The second-order valence-electron chi connectivity index (χ2n) is 4.97. The first-order valence-corrected chi connectivity index (χ1v) is 7.16. The van der Waals surface area contributed by atoms with E-state index >= 15 is 0 Å². The third-order valence-corrected chi connectivity index (χ3v) is 3.29. The average molecular weight is 294 g/mol. The van der Waals surface area contributed by atoms with E-state index in [-0.39, 0.29) is 12.1 Å². The number of rotatable bonds is 5. The summed E-state index contributed by atoms with van der Waals surface area (Å²) in [5, 5.41) is 3.29. The second-order valence-corrected chi connectivity index (χ2v) is 4.97. The first kappa shape index (κ1) is 15.7. The molecule has 1 fully saturated rings. The maximum atomic E-state index is 11.7. The summed E-state index contributed by atoms with van der Waals surface area (Å²) in [5.74, 6) is 0.193. The summed E-state index contributed by atoms with van der Waals surface area (Å²) in [6, 6.07) is 0. The minimum atomic E-state index is -0.385. The summed E-state index contributed by atoms with van der Waals surface area (Å²) in [4.78, 5) is 22.3. The number of aryl methyl sites for hydroxylation is 1. The Bertz CT molecular complexity index is 489. The van der Waals surface area contributed by atoms with Crippen LogP contribution >= 0.6 is 0 Å². The number of likely N-dealkylation sites (N-methyl/N-ethyl adjacent to an activating group) is 1. The molecule has 0 spiro atoms. The van der Waals surface area contributed by atoms with Gasteiger partial charge in [-0.15, -0.1) is 0 Å². The van der Waals surface area contributed by atoms with Crippen molar-refractivity contribution in [2.45, 2.75) is 20.0 Å². The number of esters is 1. The van der Waals surface area contributed by atoms with Gasteiger partial charge in [-0.05, 0) is 13.8 Å². The number of morpholine rings is 1. The van der Waals surface area contributed by atoms with Crippen LogP contribution in [0.15, 0.2) is 6.20 Å². The van der Waals surface area contributed by atoms with Gasteiger partial charge < -0.3 is 19.7 Å². The second kappa shape index (κ2) is 7.33. The molecular formula is C14H22N4O3. The van der Waals surface area contributed by atoms with E-state index in [0.29, 0.717) is 30.4 Å². The quantitative estimate of drug-likeness (QED) is 0.787. The normalized spacial score (nSPS) is 18.3. The maximum Gasteiger partial charge on any atom is 0.341 e. The third kappa shape index (κ3) is 4.12. The molecule has 7 nitrogen and oxygen atoms in total. The van der Waals surface area contributed by atoms with E-state index in [0.717, 1.165) is 19.7 Å². The fourth-order valence-electron chi connectivity index (χ4n) is 2.17. The molecule has 21 heavy (non-hydrogen) atoms. The van der Waals surface area contributed by atoms with Gasteiger partial charge in [-0.2, -0.15) is 0 Å². The zero-order valence-corrected chi connectivity index (χ0v) is 12.8. The van der Waals surface area contributed by atoms with Crippen LogP contribution in [0.4, 0.5) is 5.95 Å². The Balaban J connectivity index is 2.02. The molecule has 1 atom stereocenters. The molecule has 116 valence electrons. The molecule has 2 rings (SSSR count). The maximum absolute atomic E-state index is 11.7. The number of carbonyl (C=O) groups excluding carboxylic acids is 1. The molecule has 1 saturated heterocycles. The number of aromatic nitrogens is 2. The lowest BCUT2D eigenvalue weighted by Gasteiger charge is -2.28. The number of anilines is 1. The Morgan fingerprint density at radius 3 is 3.05 bits per heavy atom. The molecule has 2 heterocycles. The van der Waals surface area contributed by atoms with Crippen molar-refractivity contribution >= 4 is 11.9 Å². The molecule has 7 heteroatoms. The summed E-state index contributed by atoms with van der Waals surface area (Å²) >= 11 is 0. The summed E-state index contributed by atoms with van der Waals surface area (Å²) in [5.41, 5.74) is 1.03. The van der Waals surface area contributed by atoms with Crippen molar-refractivity contribution in [3.8, 4) is 0 Å². The first-order valence-electron chi connectivity index (χ1n) is 7.16. The van der Waals surface area contributed by atoms with Gasteiger partial charge >= 0.3 is 5.97 Å². The summed E-state index contributed by atoms with van der Waals surface area (Å²) < 4.78 is 10.6. The van der Waals surface area contributed by atoms with E-state index < -0.39 is 0 Å². The zero-order valence-electron chi connectivity index (χ0n) is 12.8. The standard InChI is InChI=1S/C14H22N4O3/c1-4-20-13(19)12-8-16-14(17-10(12)2)18(3)9-11-7-15-5-6-21-11/h8,11,15H,4-7,9H2,1-3H3. The molecule has 1 aromatic rings. The predicted molar refractivity (Wildman–Crippen MR) is 78.6 cm³/mol. The molecule has 0 amide bonds. The fraction of sp³-hybridized carbons (Fsp3) is 0.643. The van der Waals surface area contributed by atoms with Crippen LogP contribution in [0.3, 0.4) is 0 Å². The minimum absolute atomic E-state index is 0.123. The van der Waals surface area contributed by atoms with E-state index in [4.69, 9.17) is 9.47 Å². The molecule has 1 aromatic heterocycles. The lowest BCUT2D eigenvalue weighted by molar-refractivity contribution is 0.0338. The van der Waals surface area contributed by atoms with Crippen molar-refractivity contribution in [3.63, 3.8) is 0 Å². The molecule has 1 aliphatic rings. The van der Waals surface area contributed by atoms with Crippen molar-refractivity contribution in [3.05, 3.63) is 17.5 Å². The molecule has 0 aromatic carbocycles. The molecule has 0 radical (unpaired) electrons. The van der Waals surface area contributed by atoms with Crippen LogP contribution in [0.2, 0.25) is 0 Å². The summed E-state index contributed by atoms with van der Waals surface area (Å²) in [6.07, 6.45) is 1.64. The van der Waals surface area contributed by atoms with Crippen LogP contribution in [-0.4, -0.2) is 61.9 Å². The Morgan fingerprint density at radius 2 is 2.43 bits per heavy atom. The molecule has 1 unspecified atom stereocenters. The van der Waals surface area contributed by atoms with Crippen molar-refractivity contribution in [2.24, 2.45) is 0 Å². The predicted octanol–water partition coefficient (Wildman–Crippen LogP) is 0.386. The van der Waals surface area contributed by atoms with E-state index in [2.05, 4.69) is 15.3 Å². The van der Waals surface area contributed by atoms with Gasteiger partial charge in [0.2, 0.25) is 5.95 Å². The molecule has 0 saturated carbocycles. The van der Waals surface area contributed by atoms with Crippen LogP contribution in [0.1, 0.15) is 23.0 Å². The molecule has 1 N–H and O–H groups in total. The smallest absolute Gasteiger partial charge is 0.341 e. The largest absolute Gasteiger partial charge is 0.462 e. The van der Waals surface area contributed by atoms with Crippen LogP contribution in [0.25, 0.3) is 0 Å². The van der Waals surface area contributed by atoms with Gasteiger partial charge in [-0.3, -0.25) is 0 Å². The summed E-state index contributed by atoms with van der Waals surface area (Å²) in [7, 11) is 1.91. The van der Waals surface area contributed by atoms with Crippen LogP contribution < -0.4 is 10.2 Å². The lowest BCUT2D eigenvalue weighted by Crippen LogP contribution is -2.44. The highest BCUT2D eigenvalue weighted by Gasteiger charge is 2.18. The molecular weight excluding hydrogens is 272 g/mol. The highest BCUT2D eigenvalue weighted by atomic mass is 16.5. The van der Waals surface area contributed by atoms with Gasteiger partial charge in [-0.25, -0.2) is 14.8 Å². The van der Waals surface area contributed by atoms with Gasteiger partial charge in [0.1, 0.15) is 0 Å². The number of nitrogens with one attached hydrogen (secondary N) is 1. The average Bonchev–Trinajstić information content (AvgIpc) is 2.48.